The minimum absolute atomic E-state index is 0.163. The zero-order valence-electron chi connectivity index (χ0n) is 4.33. The zero-order valence-corrected chi connectivity index (χ0v) is 5.09. The molecule has 1 atom stereocenters. The molecule has 0 spiro atoms. The van der Waals surface area contributed by atoms with Crippen molar-refractivity contribution >= 4 is 23.4 Å². The highest BCUT2D eigenvalue weighted by molar-refractivity contribution is 6.35. The fourth-order valence-electron chi connectivity index (χ4n) is 0.574. The van der Waals surface area contributed by atoms with Gasteiger partial charge in [-0.1, -0.05) is 0 Å². The van der Waals surface area contributed by atoms with Crippen LogP contribution in [-0.2, 0) is 9.59 Å². The second kappa shape index (κ2) is 1.97. The van der Waals surface area contributed by atoms with E-state index in [1.807, 2.05) is 0 Å². The van der Waals surface area contributed by atoms with E-state index in [2.05, 4.69) is 0 Å². The summed E-state index contributed by atoms with van der Waals surface area (Å²) in [6.45, 7) is 0. The topological polar surface area (TPSA) is 60.4 Å². The number of halogens is 1. The summed E-state index contributed by atoms with van der Waals surface area (Å²) in [7, 11) is 0. The highest BCUT2D eigenvalue weighted by atomic mass is 35.5. The molecule has 1 unspecified atom stereocenters. The third-order valence-corrected chi connectivity index (χ3v) is 1.39. The Kier molecular flexibility index (Phi) is 1.42. The van der Waals surface area contributed by atoms with E-state index in [1.54, 1.807) is 0 Å². The van der Waals surface area contributed by atoms with Gasteiger partial charge in [-0.25, -0.2) is 0 Å². The molecule has 2 amide bonds. The lowest BCUT2D eigenvalue weighted by Gasteiger charge is -2.17. The van der Waals surface area contributed by atoms with Crippen LogP contribution in [0.2, 0.25) is 0 Å². The molecule has 0 aliphatic carbocycles. The first-order chi connectivity index (χ1) is 4.13. The number of imide groups is 1. The summed E-state index contributed by atoms with van der Waals surface area (Å²) in [6, 6.07) is 0. The summed E-state index contributed by atoms with van der Waals surface area (Å²) >= 11 is 5.24. The fourth-order valence-corrected chi connectivity index (χ4v) is 0.794. The Labute approximate surface area is 56.0 Å². The third-order valence-electron chi connectivity index (χ3n) is 1.05. The van der Waals surface area contributed by atoms with Crippen LogP contribution in [0.1, 0.15) is 6.42 Å². The molecule has 1 aliphatic rings. The van der Waals surface area contributed by atoms with Crippen LogP contribution >= 0.6 is 11.6 Å². The van der Waals surface area contributed by atoms with Crippen molar-refractivity contribution < 1.29 is 9.59 Å². The molecule has 1 fully saturated rings. The van der Waals surface area contributed by atoms with Crippen molar-refractivity contribution in [1.29, 1.82) is 0 Å². The molecule has 9 heavy (non-hydrogen) atoms. The lowest BCUT2D eigenvalue weighted by molar-refractivity contribution is -0.135. The molecule has 1 rings (SSSR count). The summed E-state index contributed by atoms with van der Waals surface area (Å²) in [5, 5.41) is 9.12. The first-order valence-electron chi connectivity index (χ1n) is 2.31. The van der Waals surface area contributed by atoms with Gasteiger partial charge in [0.25, 0.3) is 0 Å². The molecule has 0 radical (unpaired) electrons. The Balaban J connectivity index is 2.77. The standard InChI is InChI=1S/C4H3ClNO3/c5-2-1-3(7)6(9)4(2)8/h2H,1H2/q-1. The van der Waals surface area contributed by atoms with Crippen molar-refractivity contribution in [3.63, 3.8) is 0 Å². The molecular formula is C4H3ClNO3-. The predicted molar refractivity (Wildman–Crippen MR) is 29.5 cm³/mol. The van der Waals surface area contributed by atoms with Gasteiger partial charge in [0.2, 0.25) is 11.8 Å². The maximum absolute atomic E-state index is 10.4. The van der Waals surface area contributed by atoms with Crippen molar-refractivity contribution in [3.05, 3.63) is 5.21 Å². The van der Waals surface area contributed by atoms with Crippen LogP contribution in [-0.4, -0.2) is 22.3 Å². The van der Waals surface area contributed by atoms with E-state index in [0.717, 1.165) is 0 Å². The number of nitrogens with zero attached hydrogens (tertiary/aromatic N) is 1. The highest BCUT2D eigenvalue weighted by Crippen LogP contribution is 2.15. The van der Waals surface area contributed by atoms with Crippen molar-refractivity contribution in [3.8, 4) is 0 Å². The molecule has 1 saturated heterocycles. The van der Waals surface area contributed by atoms with Gasteiger partial charge in [0.1, 0.15) is 5.38 Å². The molecule has 4 nitrogen and oxygen atoms in total. The van der Waals surface area contributed by atoms with E-state index >= 15 is 0 Å². The lowest BCUT2D eigenvalue weighted by atomic mass is 10.4. The molecule has 0 aromatic heterocycles. The van der Waals surface area contributed by atoms with Gasteiger partial charge in [-0.05, 0) is 0 Å². The lowest BCUT2D eigenvalue weighted by Crippen LogP contribution is -2.23. The van der Waals surface area contributed by atoms with Gasteiger partial charge in [0.05, 0.1) is 6.42 Å². The summed E-state index contributed by atoms with van der Waals surface area (Å²) < 4.78 is 0. The number of carbonyl (C=O) groups is 2. The number of alkyl halides is 1. The van der Waals surface area contributed by atoms with Gasteiger partial charge >= 0.3 is 0 Å². The molecule has 0 N–H and O–H groups in total. The van der Waals surface area contributed by atoms with E-state index in [9.17, 15) is 14.8 Å². The first-order valence-corrected chi connectivity index (χ1v) is 2.74. The smallest absolute Gasteiger partial charge is 0.237 e. The monoisotopic (exact) mass is 148 g/mol. The minimum Gasteiger partial charge on any atom is -0.750 e. The van der Waals surface area contributed by atoms with Crippen molar-refractivity contribution in [2.45, 2.75) is 11.8 Å². The Hall–Kier alpha value is -0.610. The maximum Gasteiger partial charge on any atom is 0.237 e. The average Bonchev–Trinajstić information content (AvgIpc) is 1.98. The average molecular weight is 149 g/mol. The van der Waals surface area contributed by atoms with Gasteiger partial charge in [0.15, 0.2) is 0 Å². The summed E-state index contributed by atoms with van der Waals surface area (Å²) in [5.74, 6) is -1.60. The normalized spacial score (nSPS) is 27.8. The van der Waals surface area contributed by atoms with E-state index in [-0.39, 0.29) is 11.5 Å². The van der Waals surface area contributed by atoms with E-state index < -0.39 is 17.2 Å². The van der Waals surface area contributed by atoms with Crippen molar-refractivity contribution in [2.24, 2.45) is 0 Å². The second-order valence-corrected chi connectivity index (χ2v) is 2.22. The number of hydrogen-bond donors (Lipinski definition) is 0. The van der Waals surface area contributed by atoms with Crippen LogP contribution in [0.15, 0.2) is 0 Å². The molecule has 0 saturated carbocycles. The molecule has 0 aromatic rings. The van der Waals surface area contributed by atoms with Crippen LogP contribution in [0.4, 0.5) is 0 Å². The molecule has 50 valence electrons. The molecule has 0 bridgehead atoms. The second-order valence-electron chi connectivity index (χ2n) is 1.70. The minimum atomic E-state index is -0.935. The predicted octanol–water partition coefficient (Wildman–Crippen LogP) is -0.150. The molecule has 5 heteroatoms. The number of carbonyl (C=O) groups excluding carboxylic acids is 2. The van der Waals surface area contributed by atoms with Crippen LogP contribution in [0.3, 0.4) is 0 Å². The van der Waals surface area contributed by atoms with E-state index in [4.69, 9.17) is 11.6 Å². The largest absolute Gasteiger partial charge is 0.750 e. The van der Waals surface area contributed by atoms with Crippen LogP contribution in [0.25, 0.3) is 0 Å². The van der Waals surface area contributed by atoms with Gasteiger partial charge in [-0.15, -0.1) is 11.6 Å². The van der Waals surface area contributed by atoms with E-state index in [1.165, 1.54) is 0 Å². The number of hydroxylamine groups is 2. The van der Waals surface area contributed by atoms with Crippen LogP contribution in [0.5, 0.6) is 0 Å². The third kappa shape index (κ3) is 0.906. The summed E-state index contributed by atoms with van der Waals surface area (Å²) in [4.78, 5) is 20.7. The Bertz CT molecular complexity index is 169. The first kappa shape index (κ1) is 6.51. The van der Waals surface area contributed by atoms with Crippen molar-refractivity contribution in [2.75, 3.05) is 0 Å². The number of rotatable bonds is 0. The van der Waals surface area contributed by atoms with Gasteiger partial charge < -0.3 is 10.3 Å². The quantitative estimate of drug-likeness (QED) is 0.355. The Morgan fingerprint density at radius 2 is 2.22 bits per heavy atom. The van der Waals surface area contributed by atoms with Gasteiger partial charge in [-0.2, -0.15) is 0 Å². The fraction of sp³-hybridized carbons (Fsp3) is 0.500. The van der Waals surface area contributed by atoms with Crippen LogP contribution in [0, 0.1) is 5.21 Å². The number of amides is 2. The number of hydrogen-bond acceptors (Lipinski definition) is 3. The molecule has 1 heterocycles. The SMILES string of the molecule is O=C1CC(Cl)C(=O)N1[O-]. The van der Waals surface area contributed by atoms with E-state index in [0.29, 0.717) is 0 Å². The van der Waals surface area contributed by atoms with Crippen LogP contribution < -0.4 is 0 Å². The molecule has 1 aliphatic heterocycles. The maximum atomic E-state index is 10.4. The summed E-state index contributed by atoms with van der Waals surface area (Å²) in [6.07, 6.45) is -0.163. The Morgan fingerprint density at radius 3 is 2.33 bits per heavy atom. The molecular weight excluding hydrogens is 146 g/mol. The zero-order chi connectivity index (χ0) is 7.02. The van der Waals surface area contributed by atoms with Gasteiger partial charge in [0, 0.05) is 0 Å². The van der Waals surface area contributed by atoms with Crippen molar-refractivity contribution in [1.82, 2.24) is 5.06 Å². The highest BCUT2D eigenvalue weighted by Gasteiger charge is 2.30. The summed E-state index contributed by atoms with van der Waals surface area (Å²) in [5.41, 5.74) is 0. The molecule has 0 aromatic carbocycles. The Morgan fingerprint density at radius 1 is 1.67 bits per heavy atom. The van der Waals surface area contributed by atoms with Gasteiger partial charge in [-0.3, -0.25) is 9.59 Å².